The second kappa shape index (κ2) is 6.04. The Morgan fingerprint density at radius 2 is 1.95 bits per heavy atom. The molecule has 1 aromatic carbocycles. The van der Waals surface area contributed by atoms with Crippen molar-refractivity contribution < 1.29 is 9.72 Å². The monoisotopic (exact) mass is 303 g/mol. The second-order valence-electron chi connectivity index (χ2n) is 6.26. The first-order valence-electron chi connectivity index (χ1n) is 7.89. The summed E-state index contributed by atoms with van der Waals surface area (Å²) in [5.41, 5.74) is 7.02. The molecule has 2 N–H and O–H groups in total. The molecule has 118 valence electrons. The zero-order chi connectivity index (χ0) is 15.7. The van der Waals surface area contributed by atoms with E-state index >= 15 is 0 Å². The quantitative estimate of drug-likeness (QED) is 0.686. The van der Waals surface area contributed by atoms with E-state index in [-0.39, 0.29) is 29.7 Å². The lowest BCUT2D eigenvalue weighted by Gasteiger charge is -2.36. The number of benzene rings is 1. The first-order valence-corrected chi connectivity index (χ1v) is 7.89. The van der Waals surface area contributed by atoms with Gasteiger partial charge in [-0.1, -0.05) is 31.4 Å². The van der Waals surface area contributed by atoms with Crippen molar-refractivity contribution in [3.8, 4) is 0 Å². The van der Waals surface area contributed by atoms with Gasteiger partial charge >= 0.3 is 0 Å². The van der Waals surface area contributed by atoms with Crippen molar-refractivity contribution in [1.82, 2.24) is 4.90 Å². The lowest BCUT2D eigenvalue weighted by Crippen LogP contribution is -2.41. The maximum atomic E-state index is 12.4. The highest BCUT2D eigenvalue weighted by Crippen LogP contribution is 2.38. The molecule has 2 unspecified atom stereocenters. The molecule has 1 aliphatic heterocycles. The highest BCUT2D eigenvalue weighted by molar-refractivity contribution is 5.80. The van der Waals surface area contributed by atoms with Crippen LogP contribution in [0.2, 0.25) is 0 Å². The molecule has 0 spiro atoms. The van der Waals surface area contributed by atoms with Crippen LogP contribution < -0.4 is 5.73 Å². The molecular weight excluding hydrogens is 282 g/mol. The molecule has 2 atom stereocenters. The third kappa shape index (κ3) is 2.70. The van der Waals surface area contributed by atoms with Gasteiger partial charge in [0.25, 0.3) is 5.69 Å². The summed E-state index contributed by atoms with van der Waals surface area (Å²) in [6.07, 6.45) is 5.81. The van der Waals surface area contributed by atoms with Crippen LogP contribution >= 0.6 is 0 Å². The lowest BCUT2D eigenvalue weighted by atomic mass is 9.92. The van der Waals surface area contributed by atoms with Crippen molar-refractivity contribution in [2.24, 2.45) is 5.73 Å². The van der Waals surface area contributed by atoms with E-state index in [9.17, 15) is 14.9 Å². The van der Waals surface area contributed by atoms with Crippen LogP contribution in [0, 0.1) is 10.1 Å². The molecule has 2 aliphatic rings. The fourth-order valence-electron chi connectivity index (χ4n) is 3.80. The fraction of sp³-hybridized carbons (Fsp3) is 0.562. The van der Waals surface area contributed by atoms with Crippen LogP contribution in [0.25, 0.3) is 0 Å². The van der Waals surface area contributed by atoms with E-state index in [0.717, 1.165) is 31.2 Å². The zero-order valence-corrected chi connectivity index (χ0v) is 12.5. The van der Waals surface area contributed by atoms with Crippen LogP contribution in [0.4, 0.5) is 5.69 Å². The van der Waals surface area contributed by atoms with Gasteiger partial charge in [-0.3, -0.25) is 14.9 Å². The molecule has 1 amide bonds. The summed E-state index contributed by atoms with van der Waals surface area (Å²) in [6, 6.07) is 6.22. The van der Waals surface area contributed by atoms with Crippen LogP contribution in [0.5, 0.6) is 0 Å². The first-order chi connectivity index (χ1) is 10.6. The summed E-state index contributed by atoms with van der Waals surface area (Å²) in [6.45, 7) is 0. The number of carbonyl (C=O) groups is 1. The number of nitro benzene ring substituents is 1. The largest absolute Gasteiger partial charge is 0.331 e. The average molecular weight is 303 g/mol. The SMILES string of the molecule is NC1CC(=O)N(C2CCCCC2)C1c1cccc([N+](=O)[O-])c1. The smallest absolute Gasteiger partial charge is 0.269 e. The van der Waals surface area contributed by atoms with Crippen molar-refractivity contribution in [2.45, 2.75) is 56.7 Å². The number of nitrogens with zero attached hydrogens (tertiary/aromatic N) is 2. The number of carbonyl (C=O) groups excluding carboxylic acids is 1. The number of hydrogen-bond donors (Lipinski definition) is 1. The van der Waals surface area contributed by atoms with Crippen LogP contribution in [0.3, 0.4) is 0 Å². The Bertz CT molecular complexity index is 584. The van der Waals surface area contributed by atoms with Crippen LogP contribution in [0.1, 0.15) is 50.1 Å². The van der Waals surface area contributed by atoms with Crippen molar-refractivity contribution in [3.63, 3.8) is 0 Å². The van der Waals surface area contributed by atoms with Crippen molar-refractivity contribution in [1.29, 1.82) is 0 Å². The number of likely N-dealkylation sites (tertiary alicyclic amines) is 1. The Kier molecular flexibility index (Phi) is 4.11. The van der Waals surface area contributed by atoms with Gasteiger partial charge in [-0.25, -0.2) is 0 Å². The van der Waals surface area contributed by atoms with Crippen LogP contribution in [-0.2, 0) is 4.79 Å². The van der Waals surface area contributed by atoms with E-state index in [1.807, 2.05) is 11.0 Å². The van der Waals surface area contributed by atoms with Crippen LogP contribution in [0.15, 0.2) is 24.3 Å². The molecule has 3 rings (SSSR count). The predicted molar refractivity (Wildman–Crippen MR) is 82.1 cm³/mol. The van der Waals surface area contributed by atoms with Crippen LogP contribution in [-0.4, -0.2) is 27.8 Å². The fourth-order valence-corrected chi connectivity index (χ4v) is 3.80. The molecule has 6 heteroatoms. The maximum Gasteiger partial charge on any atom is 0.269 e. The minimum atomic E-state index is -0.406. The molecular formula is C16H21N3O3. The highest BCUT2D eigenvalue weighted by Gasteiger charge is 2.42. The average Bonchev–Trinajstić information content (AvgIpc) is 2.82. The van der Waals surface area contributed by atoms with E-state index in [1.54, 1.807) is 12.1 Å². The molecule has 1 saturated carbocycles. The Morgan fingerprint density at radius 3 is 2.64 bits per heavy atom. The van der Waals surface area contributed by atoms with Gasteiger partial charge in [0.1, 0.15) is 0 Å². The molecule has 1 aromatic rings. The van der Waals surface area contributed by atoms with Gasteiger partial charge in [-0.15, -0.1) is 0 Å². The summed E-state index contributed by atoms with van der Waals surface area (Å²) >= 11 is 0. The van der Waals surface area contributed by atoms with Gasteiger partial charge in [-0.05, 0) is 18.4 Å². The Morgan fingerprint density at radius 1 is 1.23 bits per heavy atom. The molecule has 0 bridgehead atoms. The Balaban J connectivity index is 1.93. The zero-order valence-electron chi connectivity index (χ0n) is 12.5. The van der Waals surface area contributed by atoms with Gasteiger partial charge in [0.15, 0.2) is 0 Å². The third-order valence-corrected chi connectivity index (χ3v) is 4.79. The molecule has 1 heterocycles. The number of rotatable bonds is 3. The molecule has 2 fully saturated rings. The summed E-state index contributed by atoms with van der Waals surface area (Å²) in [7, 11) is 0. The van der Waals surface area contributed by atoms with E-state index in [4.69, 9.17) is 5.73 Å². The minimum absolute atomic E-state index is 0.0487. The van der Waals surface area contributed by atoms with Gasteiger partial charge in [-0.2, -0.15) is 0 Å². The lowest BCUT2D eigenvalue weighted by molar-refractivity contribution is -0.385. The number of nitrogens with two attached hydrogens (primary N) is 1. The van der Waals surface area contributed by atoms with E-state index < -0.39 is 4.92 Å². The second-order valence-corrected chi connectivity index (χ2v) is 6.26. The predicted octanol–water partition coefficient (Wildman–Crippen LogP) is 2.53. The van der Waals surface area contributed by atoms with Crippen molar-refractivity contribution in [2.75, 3.05) is 0 Å². The van der Waals surface area contributed by atoms with E-state index in [0.29, 0.717) is 6.42 Å². The minimum Gasteiger partial charge on any atom is -0.331 e. The molecule has 1 aliphatic carbocycles. The number of hydrogen-bond acceptors (Lipinski definition) is 4. The number of nitro groups is 1. The highest BCUT2D eigenvalue weighted by atomic mass is 16.6. The summed E-state index contributed by atoms with van der Waals surface area (Å²) in [5.74, 6) is 0.0795. The van der Waals surface area contributed by atoms with Crippen molar-refractivity contribution >= 4 is 11.6 Å². The Hall–Kier alpha value is -1.95. The van der Waals surface area contributed by atoms with E-state index in [1.165, 1.54) is 12.5 Å². The number of non-ortho nitro benzene ring substituents is 1. The molecule has 0 radical (unpaired) electrons. The van der Waals surface area contributed by atoms with Gasteiger partial charge in [0.05, 0.1) is 11.0 Å². The molecule has 6 nitrogen and oxygen atoms in total. The summed E-state index contributed by atoms with van der Waals surface area (Å²) in [5, 5.41) is 11.0. The topological polar surface area (TPSA) is 89.5 Å². The molecule has 22 heavy (non-hydrogen) atoms. The Labute approximate surface area is 129 Å². The maximum absolute atomic E-state index is 12.4. The normalized spacial score (nSPS) is 26.4. The summed E-state index contributed by atoms with van der Waals surface area (Å²) < 4.78 is 0. The van der Waals surface area contributed by atoms with Gasteiger partial charge in [0.2, 0.25) is 5.91 Å². The molecule has 0 aromatic heterocycles. The summed E-state index contributed by atoms with van der Waals surface area (Å²) in [4.78, 5) is 24.9. The van der Waals surface area contributed by atoms with E-state index in [2.05, 4.69) is 0 Å². The van der Waals surface area contributed by atoms with Gasteiger partial charge < -0.3 is 10.6 Å². The number of amides is 1. The van der Waals surface area contributed by atoms with Crippen molar-refractivity contribution in [3.05, 3.63) is 39.9 Å². The van der Waals surface area contributed by atoms with Gasteiger partial charge in [0, 0.05) is 30.6 Å². The standard InChI is InChI=1S/C16H21N3O3/c17-14-10-15(20)18(12-6-2-1-3-7-12)16(14)11-5-4-8-13(9-11)19(21)22/h4-5,8-9,12,14,16H,1-3,6-7,10,17H2. The third-order valence-electron chi connectivity index (χ3n) is 4.79. The first kappa shape index (κ1) is 15.0. The molecule has 1 saturated heterocycles.